The van der Waals surface area contributed by atoms with Gasteiger partial charge in [0.1, 0.15) is 0 Å². The fourth-order valence-corrected chi connectivity index (χ4v) is 2.28. The predicted octanol–water partition coefficient (Wildman–Crippen LogP) is 3.96. The van der Waals surface area contributed by atoms with E-state index in [2.05, 4.69) is 4.98 Å². The molecule has 0 radical (unpaired) electrons. The number of hydrogen-bond acceptors (Lipinski definition) is 3. The lowest BCUT2D eigenvalue weighted by molar-refractivity contribution is -0.138. The van der Waals surface area contributed by atoms with Crippen LogP contribution < -0.4 is 4.74 Å². The van der Waals surface area contributed by atoms with E-state index in [4.69, 9.17) is 4.74 Å². The summed E-state index contributed by atoms with van der Waals surface area (Å²) in [5.74, 6) is -1.08. The van der Waals surface area contributed by atoms with Gasteiger partial charge in [0.2, 0.25) is 5.88 Å². The van der Waals surface area contributed by atoms with Crippen molar-refractivity contribution >= 4 is 5.78 Å². The van der Waals surface area contributed by atoms with Crippen LogP contribution in [-0.4, -0.2) is 17.9 Å². The highest BCUT2D eigenvalue weighted by atomic mass is 19.4. The number of ketones is 1. The van der Waals surface area contributed by atoms with Crippen molar-refractivity contribution in [3.8, 4) is 5.88 Å². The molecule has 22 heavy (non-hydrogen) atoms. The first-order valence-electron chi connectivity index (χ1n) is 6.48. The zero-order valence-electron chi connectivity index (χ0n) is 12.3. The summed E-state index contributed by atoms with van der Waals surface area (Å²) in [5.41, 5.74) is -0.898. The molecule has 0 spiro atoms. The van der Waals surface area contributed by atoms with Crippen molar-refractivity contribution in [1.82, 2.24) is 4.98 Å². The number of carbonyl (C=O) groups excluding carboxylic acids is 1. The Morgan fingerprint density at radius 3 is 2.32 bits per heavy atom. The molecule has 1 aromatic carbocycles. The number of pyridine rings is 1. The quantitative estimate of drug-likeness (QED) is 0.806. The molecular weight excluding hydrogens is 295 g/mol. The van der Waals surface area contributed by atoms with Gasteiger partial charge in [-0.3, -0.25) is 4.79 Å². The second-order valence-electron chi connectivity index (χ2n) is 4.84. The third-order valence-corrected chi connectivity index (χ3v) is 3.33. The Labute approximate surface area is 125 Å². The molecule has 0 unspecified atom stereocenters. The molecule has 0 aliphatic carbocycles. The monoisotopic (exact) mass is 309 g/mol. The molecule has 0 saturated heterocycles. The van der Waals surface area contributed by atoms with Gasteiger partial charge >= 0.3 is 6.18 Å². The molecule has 116 valence electrons. The number of hydrogen-bond donors (Lipinski definition) is 0. The van der Waals surface area contributed by atoms with Crippen molar-refractivity contribution in [2.24, 2.45) is 0 Å². The van der Waals surface area contributed by atoms with E-state index in [9.17, 15) is 18.0 Å². The first kappa shape index (κ1) is 16.0. The molecule has 0 saturated carbocycles. The number of alkyl halides is 3. The first-order chi connectivity index (χ1) is 10.3. The molecule has 1 heterocycles. The number of ether oxygens (including phenoxy) is 1. The Hall–Kier alpha value is -2.37. The second-order valence-corrected chi connectivity index (χ2v) is 4.84. The van der Waals surface area contributed by atoms with Gasteiger partial charge in [-0.2, -0.15) is 13.2 Å². The second kappa shape index (κ2) is 5.79. The van der Waals surface area contributed by atoms with Crippen LogP contribution in [0, 0.1) is 13.8 Å². The van der Waals surface area contributed by atoms with Gasteiger partial charge in [0.25, 0.3) is 0 Å². The lowest BCUT2D eigenvalue weighted by Gasteiger charge is -2.17. The van der Waals surface area contributed by atoms with E-state index in [-0.39, 0.29) is 17.0 Å². The molecular formula is C16H14F3NO2. The minimum atomic E-state index is -4.67. The van der Waals surface area contributed by atoms with Crippen molar-refractivity contribution in [2.75, 3.05) is 7.11 Å². The molecule has 1 aromatic heterocycles. The number of methoxy groups -OCH3 is 1. The van der Waals surface area contributed by atoms with Gasteiger partial charge in [0, 0.05) is 11.8 Å². The molecule has 0 fully saturated rings. The SMILES string of the molecule is COc1ncc(C)c(C(F)(F)F)c1C(=O)c1ccccc1C. The number of aryl methyl sites for hydroxylation is 2. The van der Waals surface area contributed by atoms with Crippen molar-refractivity contribution in [2.45, 2.75) is 20.0 Å². The van der Waals surface area contributed by atoms with Crippen molar-refractivity contribution in [3.05, 3.63) is 58.3 Å². The standard InChI is InChI=1S/C16H14F3NO2/c1-9-6-4-5-7-11(9)14(21)12-13(16(17,18)19)10(2)8-20-15(12)22-3/h4-8H,1-3H3. The summed E-state index contributed by atoms with van der Waals surface area (Å²) < 4.78 is 45.0. The van der Waals surface area contributed by atoms with Crippen LogP contribution in [0.4, 0.5) is 13.2 Å². The van der Waals surface area contributed by atoms with Gasteiger partial charge in [-0.25, -0.2) is 4.98 Å². The van der Waals surface area contributed by atoms with E-state index in [1.807, 2.05) is 0 Å². The molecule has 2 aromatic rings. The smallest absolute Gasteiger partial charge is 0.417 e. The number of nitrogens with zero attached hydrogens (tertiary/aromatic N) is 1. The van der Waals surface area contributed by atoms with Crippen molar-refractivity contribution in [3.63, 3.8) is 0 Å². The maximum atomic E-state index is 13.4. The van der Waals surface area contributed by atoms with Crippen molar-refractivity contribution < 1.29 is 22.7 Å². The molecule has 0 N–H and O–H groups in total. The Balaban J connectivity index is 2.76. The van der Waals surface area contributed by atoms with E-state index in [0.717, 1.165) is 6.20 Å². The average Bonchev–Trinajstić information content (AvgIpc) is 2.45. The molecule has 3 nitrogen and oxygen atoms in total. The normalized spacial score (nSPS) is 11.4. The highest BCUT2D eigenvalue weighted by molar-refractivity contribution is 6.12. The van der Waals surface area contributed by atoms with Crippen LogP contribution in [0.3, 0.4) is 0 Å². The van der Waals surface area contributed by atoms with Gasteiger partial charge in [-0.1, -0.05) is 24.3 Å². The van der Waals surface area contributed by atoms with Gasteiger partial charge in [-0.15, -0.1) is 0 Å². The Bertz CT molecular complexity index is 724. The first-order valence-corrected chi connectivity index (χ1v) is 6.48. The molecule has 0 amide bonds. The minimum Gasteiger partial charge on any atom is -0.480 e. The van der Waals surface area contributed by atoms with Crippen LogP contribution in [0.25, 0.3) is 0 Å². The van der Waals surface area contributed by atoms with E-state index < -0.39 is 23.1 Å². The van der Waals surface area contributed by atoms with E-state index in [0.29, 0.717) is 5.56 Å². The lowest BCUT2D eigenvalue weighted by atomic mass is 9.94. The third-order valence-electron chi connectivity index (χ3n) is 3.33. The summed E-state index contributed by atoms with van der Waals surface area (Å²) in [6.45, 7) is 2.93. The van der Waals surface area contributed by atoms with Crippen LogP contribution in [0.2, 0.25) is 0 Å². The average molecular weight is 309 g/mol. The summed E-state index contributed by atoms with van der Waals surface area (Å²) in [5, 5.41) is 0. The van der Waals surface area contributed by atoms with E-state index in [1.54, 1.807) is 25.1 Å². The molecule has 0 bridgehead atoms. The highest BCUT2D eigenvalue weighted by Gasteiger charge is 2.39. The highest BCUT2D eigenvalue weighted by Crippen LogP contribution is 2.38. The van der Waals surface area contributed by atoms with Gasteiger partial charge in [0.05, 0.1) is 18.2 Å². The zero-order chi connectivity index (χ0) is 16.5. The molecule has 0 atom stereocenters. The Morgan fingerprint density at radius 1 is 1.14 bits per heavy atom. The zero-order valence-corrected chi connectivity index (χ0v) is 12.3. The van der Waals surface area contributed by atoms with Crippen LogP contribution in [0.5, 0.6) is 5.88 Å². The molecule has 0 aliphatic rings. The lowest BCUT2D eigenvalue weighted by Crippen LogP contribution is -2.18. The van der Waals surface area contributed by atoms with Crippen LogP contribution in [0.15, 0.2) is 30.5 Å². The van der Waals surface area contributed by atoms with Gasteiger partial charge in [0.15, 0.2) is 5.78 Å². The maximum absolute atomic E-state index is 13.4. The van der Waals surface area contributed by atoms with Gasteiger partial charge in [-0.05, 0) is 25.0 Å². The van der Waals surface area contributed by atoms with E-state index in [1.165, 1.54) is 20.1 Å². The number of benzene rings is 1. The third kappa shape index (κ3) is 2.81. The fourth-order valence-electron chi connectivity index (χ4n) is 2.28. The number of aromatic nitrogens is 1. The topological polar surface area (TPSA) is 39.2 Å². The predicted molar refractivity (Wildman–Crippen MR) is 75.1 cm³/mol. The van der Waals surface area contributed by atoms with Crippen LogP contribution in [-0.2, 0) is 6.18 Å². The summed E-state index contributed by atoms with van der Waals surface area (Å²) >= 11 is 0. The minimum absolute atomic E-state index is 0.120. The Morgan fingerprint density at radius 2 is 1.77 bits per heavy atom. The van der Waals surface area contributed by atoms with E-state index >= 15 is 0 Å². The van der Waals surface area contributed by atoms with Crippen molar-refractivity contribution in [1.29, 1.82) is 0 Å². The van der Waals surface area contributed by atoms with Gasteiger partial charge < -0.3 is 4.74 Å². The largest absolute Gasteiger partial charge is 0.480 e. The molecule has 6 heteroatoms. The number of carbonyl (C=O) groups is 1. The van der Waals surface area contributed by atoms with Crippen LogP contribution >= 0.6 is 0 Å². The fraction of sp³-hybridized carbons (Fsp3) is 0.250. The Kier molecular flexibility index (Phi) is 4.21. The summed E-state index contributed by atoms with van der Waals surface area (Å²) in [6.07, 6.45) is -3.62. The summed E-state index contributed by atoms with van der Waals surface area (Å²) in [4.78, 5) is 16.5. The number of rotatable bonds is 3. The van der Waals surface area contributed by atoms with Crippen LogP contribution in [0.1, 0.15) is 32.6 Å². The maximum Gasteiger partial charge on any atom is 0.417 e. The summed E-state index contributed by atoms with van der Waals surface area (Å²) in [6, 6.07) is 6.46. The molecule has 2 rings (SSSR count). The summed E-state index contributed by atoms with van der Waals surface area (Å²) in [7, 11) is 1.19. The number of halogens is 3. The molecule has 0 aliphatic heterocycles.